The molecule has 5 heterocycles. The fourth-order valence-corrected chi connectivity index (χ4v) is 4.94. The predicted molar refractivity (Wildman–Crippen MR) is 145 cm³/mol. The molecule has 5 aromatic heterocycles. The summed E-state index contributed by atoms with van der Waals surface area (Å²) in [7, 11) is 3.45. The fourth-order valence-electron chi connectivity index (χ4n) is 4.79. The summed E-state index contributed by atoms with van der Waals surface area (Å²) in [6.45, 7) is 4.01. The minimum atomic E-state index is -0.240. The van der Waals surface area contributed by atoms with Gasteiger partial charge in [0.05, 0.1) is 29.7 Å². The Labute approximate surface area is 221 Å². The highest BCUT2D eigenvalue weighted by Crippen LogP contribution is 2.33. The summed E-state index contributed by atoms with van der Waals surface area (Å²) in [5.74, 6) is 0.353. The summed E-state index contributed by atoms with van der Waals surface area (Å²) < 4.78 is 3.61. The third-order valence-corrected chi connectivity index (χ3v) is 6.69. The van der Waals surface area contributed by atoms with Gasteiger partial charge in [0.1, 0.15) is 28.5 Å². The summed E-state index contributed by atoms with van der Waals surface area (Å²) in [4.78, 5) is 28.3. The first-order valence-electron chi connectivity index (χ1n) is 11.9. The van der Waals surface area contributed by atoms with Crippen molar-refractivity contribution in [3.63, 3.8) is 0 Å². The molecule has 38 heavy (non-hydrogen) atoms. The van der Waals surface area contributed by atoms with Gasteiger partial charge in [-0.15, -0.1) is 10.2 Å². The van der Waals surface area contributed by atoms with Gasteiger partial charge in [0.15, 0.2) is 0 Å². The number of hydrogen-bond donors (Lipinski definition) is 1. The Balaban J connectivity index is 1.55. The second kappa shape index (κ2) is 9.03. The summed E-state index contributed by atoms with van der Waals surface area (Å²) in [6, 6.07) is 11.1. The lowest BCUT2D eigenvalue weighted by atomic mass is 10.0. The van der Waals surface area contributed by atoms with Crippen LogP contribution in [0.4, 0.5) is 5.69 Å². The first-order chi connectivity index (χ1) is 18.3. The minimum Gasteiger partial charge on any atom is -0.377 e. The van der Waals surface area contributed by atoms with E-state index in [1.54, 1.807) is 43.4 Å². The molecular formula is C26H23ClN10O. The smallest absolute Gasteiger partial charge is 0.261 e. The lowest BCUT2D eigenvalue weighted by Gasteiger charge is -2.21. The lowest BCUT2D eigenvalue weighted by molar-refractivity contribution is 0.630. The van der Waals surface area contributed by atoms with Crippen LogP contribution in [-0.4, -0.2) is 44.1 Å². The third-order valence-electron chi connectivity index (χ3n) is 6.47. The summed E-state index contributed by atoms with van der Waals surface area (Å²) >= 11 is 6.20. The molecule has 1 atom stereocenters. The number of aryl methyl sites for hydroxylation is 3. The fraction of sp³-hybridized carbons (Fsp3) is 0.192. The number of hydrogen-bond acceptors (Lipinski definition) is 8. The van der Waals surface area contributed by atoms with Crippen molar-refractivity contribution in [2.75, 3.05) is 5.32 Å². The predicted octanol–water partition coefficient (Wildman–Crippen LogP) is 3.97. The number of rotatable bonds is 5. The number of anilines is 1. The largest absolute Gasteiger partial charge is 0.377 e. The molecule has 6 rings (SSSR count). The molecule has 0 radical (unpaired) electrons. The average Bonchev–Trinajstić information content (AvgIpc) is 3.55. The van der Waals surface area contributed by atoms with E-state index in [1.807, 2.05) is 42.5 Å². The van der Waals surface area contributed by atoms with Crippen LogP contribution in [0.15, 0.2) is 59.9 Å². The molecule has 6 aromatic rings. The highest BCUT2D eigenvalue weighted by Gasteiger charge is 2.22. The minimum absolute atomic E-state index is 0.104. The first-order valence-corrected chi connectivity index (χ1v) is 12.3. The molecule has 0 spiro atoms. The van der Waals surface area contributed by atoms with Gasteiger partial charge in [-0.2, -0.15) is 4.80 Å². The van der Waals surface area contributed by atoms with Crippen molar-refractivity contribution in [2.45, 2.75) is 19.9 Å². The quantitative estimate of drug-likeness (QED) is 0.335. The number of nitrogens with one attached hydrogen (secondary N) is 1. The van der Waals surface area contributed by atoms with Crippen LogP contribution in [0, 0.1) is 6.92 Å². The van der Waals surface area contributed by atoms with E-state index < -0.39 is 0 Å². The van der Waals surface area contributed by atoms with Crippen molar-refractivity contribution < 1.29 is 0 Å². The van der Waals surface area contributed by atoms with Gasteiger partial charge in [-0.1, -0.05) is 17.7 Å². The van der Waals surface area contributed by atoms with Gasteiger partial charge in [0, 0.05) is 25.0 Å². The zero-order valence-electron chi connectivity index (χ0n) is 21.1. The molecule has 0 aliphatic rings. The Morgan fingerprint density at radius 3 is 2.68 bits per heavy atom. The standard InChI is InChI=1S/C26H23ClN10O/c1-14-10-17(15(2)30-19-7-8-20(27)31-22(19)24-32-34-36(4)33-24)23-18(11-14)26(38)35(3)25-21(29-13-37(23)25)16-6-5-9-28-12-16/h5-13,15,30H,1-4H3. The number of aromatic nitrogens is 9. The van der Waals surface area contributed by atoms with Crippen LogP contribution in [0.3, 0.4) is 0 Å². The average molecular weight is 527 g/mol. The zero-order valence-corrected chi connectivity index (χ0v) is 21.8. The van der Waals surface area contributed by atoms with Crippen LogP contribution in [-0.2, 0) is 14.1 Å². The Morgan fingerprint density at radius 1 is 1.11 bits per heavy atom. The van der Waals surface area contributed by atoms with E-state index in [0.29, 0.717) is 39.1 Å². The lowest BCUT2D eigenvalue weighted by Crippen LogP contribution is -2.21. The van der Waals surface area contributed by atoms with Gasteiger partial charge in [-0.05, 0) is 60.5 Å². The van der Waals surface area contributed by atoms with E-state index in [4.69, 9.17) is 11.6 Å². The zero-order chi connectivity index (χ0) is 26.6. The SMILES string of the molecule is Cc1cc(C(C)Nc2ccc(Cl)nc2-c2nnn(C)n2)c2c(c1)c(=O)n(C)c1c(-c3cccnc3)ncn21. The van der Waals surface area contributed by atoms with Crippen molar-refractivity contribution in [2.24, 2.45) is 14.1 Å². The number of nitrogens with zero attached hydrogens (tertiary/aromatic N) is 9. The van der Waals surface area contributed by atoms with Gasteiger partial charge >= 0.3 is 0 Å². The normalized spacial score (nSPS) is 12.3. The van der Waals surface area contributed by atoms with E-state index in [9.17, 15) is 4.79 Å². The molecule has 1 unspecified atom stereocenters. The molecule has 0 saturated carbocycles. The molecule has 190 valence electrons. The molecule has 1 aromatic carbocycles. The number of pyridine rings is 2. The van der Waals surface area contributed by atoms with Crippen LogP contribution in [0.1, 0.15) is 24.1 Å². The Morgan fingerprint density at radius 2 is 1.95 bits per heavy atom. The van der Waals surface area contributed by atoms with E-state index in [1.165, 1.54) is 4.80 Å². The van der Waals surface area contributed by atoms with E-state index in [2.05, 4.69) is 41.7 Å². The van der Waals surface area contributed by atoms with Crippen LogP contribution < -0.4 is 10.9 Å². The third kappa shape index (κ3) is 3.88. The number of tetrazole rings is 1. The van der Waals surface area contributed by atoms with Gasteiger partial charge in [0.25, 0.3) is 5.56 Å². The molecule has 0 aliphatic heterocycles. The Bertz CT molecular complexity index is 1890. The molecule has 0 fully saturated rings. The monoisotopic (exact) mass is 526 g/mol. The highest BCUT2D eigenvalue weighted by molar-refractivity contribution is 6.29. The molecule has 0 bridgehead atoms. The van der Waals surface area contributed by atoms with Crippen LogP contribution in [0.25, 0.3) is 39.3 Å². The van der Waals surface area contributed by atoms with Crippen LogP contribution >= 0.6 is 11.6 Å². The molecule has 1 N–H and O–H groups in total. The van der Waals surface area contributed by atoms with E-state index in [0.717, 1.165) is 22.2 Å². The summed E-state index contributed by atoms with van der Waals surface area (Å²) in [6.07, 6.45) is 5.21. The molecule has 11 nitrogen and oxygen atoms in total. The van der Waals surface area contributed by atoms with E-state index in [-0.39, 0.29) is 11.6 Å². The van der Waals surface area contributed by atoms with Crippen molar-refractivity contribution in [1.29, 1.82) is 0 Å². The Kier molecular flexibility index (Phi) is 5.64. The van der Waals surface area contributed by atoms with Gasteiger partial charge in [0.2, 0.25) is 5.82 Å². The number of benzene rings is 1. The van der Waals surface area contributed by atoms with Gasteiger partial charge < -0.3 is 5.32 Å². The molecule has 0 amide bonds. The van der Waals surface area contributed by atoms with Crippen LogP contribution in [0.2, 0.25) is 5.15 Å². The van der Waals surface area contributed by atoms with Crippen LogP contribution in [0.5, 0.6) is 0 Å². The number of fused-ring (bicyclic) bond motifs is 3. The molecule has 0 aliphatic carbocycles. The number of imidazole rings is 1. The highest BCUT2D eigenvalue weighted by atomic mass is 35.5. The first kappa shape index (κ1) is 23.7. The molecular weight excluding hydrogens is 504 g/mol. The van der Waals surface area contributed by atoms with Crippen molar-refractivity contribution in [3.05, 3.63) is 81.8 Å². The maximum Gasteiger partial charge on any atom is 0.261 e. The summed E-state index contributed by atoms with van der Waals surface area (Å²) in [5.41, 5.74) is 5.93. The molecule has 0 saturated heterocycles. The maximum atomic E-state index is 13.6. The Hall–Kier alpha value is -4.64. The van der Waals surface area contributed by atoms with E-state index >= 15 is 0 Å². The molecule has 12 heteroatoms. The number of halogens is 1. The second-order valence-electron chi connectivity index (χ2n) is 9.14. The second-order valence-corrected chi connectivity index (χ2v) is 9.53. The van der Waals surface area contributed by atoms with Crippen molar-refractivity contribution in [3.8, 4) is 22.8 Å². The van der Waals surface area contributed by atoms with Gasteiger partial charge in [-0.3, -0.25) is 18.7 Å². The van der Waals surface area contributed by atoms with Crippen molar-refractivity contribution in [1.82, 2.24) is 44.1 Å². The summed E-state index contributed by atoms with van der Waals surface area (Å²) in [5, 5.41) is 16.8. The van der Waals surface area contributed by atoms with Gasteiger partial charge in [-0.25, -0.2) is 9.97 Å². The topological polar surface area (TPSA) is 121 Å². The maximum absolute atomic E-state index is 13.6. The van der Waals surface area contributed by atoms with Crippen molar-refractivity contribution >= 4 is 33.8 Å².